The quantitative estimate of drug-likeness (QED) is 0.161. The molecule has 1 N–H and O–H groups in total. The van der Waals surface area contributed by atoms with Crippen molar-refractivity contribution in [1.29, 1.82) is 0 Å². The van der Waals surface area contributed by atoms with Crippen LogP contribution in [-0.4, -0.2) is 20.7 Å². The van der Waals surface area contributed by atoms with E-state index in [1.54, 1.807) is 22.8 Å². The number of nitrogens with zero attached hydrogens (tertiary/aromatic N) is 2. The van der Waals surface area contributed by atoms with Gasteiger partial charge in [0.25, 0.3) is 5.56 Å². The van der Waals surface area contributed by atoms with Gasteiger partial charge in [-0.1, -0.05) is 75.4 Å². The second kappa shape index (κ2) is 11.9. The van der Waals surface area contributed by atoms with E-state index in [0.29, 0.717) is 27.8 Å². The third-order valence-corrected chi connectivity index (χ3v) is 10.7. The van der Waals surface area contributed by atoms with E-state index in [9.17, 15) is 22.8 Å². The SMILES string of the molecule is CCC(C)(C)[C@@H]1CCc2c(sc3nc(S[C@@H](C)C(=O)Nc4cccc(C(F)(F)F)c4)n(Cc4ccccc4)c(=O)c23)C1. The Morgan fingerprint density at radius 1 is 1.17 bits per heavy atom. The zero-order valence-corrected chi connectivity index (χ0v) is 25.7. The summed E-state index contributed by atoms with van der Waals surface area (Å²) in [5, 5.41) is 2.94. The normalized spacial score (nSPS) is 16.3. The van der Waals surface area contributed by atoms with Crippen molar-refractivity contribution in [2.45, 2.75) is 76.5 Å². The molecule has 0 unspecified atom stereocenters. The summed E-state index contributed by atoms with van der Waals surface area (Å²) in [6.45, 7) is 8.79. The number of nitrogens with one attached hydrogen (secondary N) is 1. The van der Waals surface area contributed by atoms with Crippen molar-refractivity contribution in [3.63, 3.8) is 0 Å². The van der Waals surface area contributed by atoms with Crippen LogP contribution in [0.2, 0.25) is 0 Å². The fraction of sp³-hybridized carbons (Fsp3) is 0.406. The molecule has 0 aliphatic heterocycles. The third-order valence-electron chi connectivity index (χ3n) is 8.44. The molecule has 2 aromatic carbocycles. The van der Waals surface area contributed by atoms with Gasteiger partial charge in [-0.2, -0.15) is 13.2 Å². The van der Waals surface area contributed by atoms with Gasteiger partial charge in [0.15, 0.2) is 5.16 Å². The molecule has 0 saturated heterocycles. The standard InChI is InChI=1S/C32H34F3N3O2S2/c1-5-31(3,4)21-14-15-24-25(17-21)42-28-26(24)29(40)38(18-20-10-7-6-8-11-20)30(37-28)41-19(2)27(39)36-23-13-9-12-22(16-23)32(33,34)35/h6-13,16,19,21H,5,14-15,17-18H2,1-4H3,(H,36,39)/t19-,21+/m0/s1. The van der Waals surface area contributed by atoms with E-state index in [4.69, 9.17) is 4.98 Å². The molecule has 5 rings (SSSR count). The van der Waals surface area contributed by atoms with Crippen molar-refractivity contribution in [3.8, 4) is 0 Å². The maximum Gasteiger partial charge on any atom is 0.416 e. The zero-order valence-electron chi connectivity index (χ0n) is 24.0. The number of benzene rings is 2. The molecule has 4 aromatic rings. The summed E-state index contributed by atoms with van der Waals surface area (Å²) in [6.07, 6.45) is -0.635. The van der Waals surface area contributed by atoms with E-state index in [0.717, 1.165) is 60.7 Å². The molecule has 2 heterocycles. The van der Waals surface area contributed by atoms with Crippen molar-refractivity contribution in [2.75, 3.05) is 5.32 Å². The molecule has 2 atom stereocenters. The van der Waals surface area contributed by atoms with Crippen LogP contribution in [0.3, 0.4) is 0 Å². The minimum absolute atomic E-state index is 0.0582. The Bertz CT molecular complexity index is 1660. The summed E-state index contributed by atoms with van der Waals surface area (Å²) in [5.74, 6) is 0.0538. The van der Waals surface area contributed by atoms with Gasteiger partial charge < -0.3 is 5.32 Å². The number of carbonyl (C=O) groups excluding carboxylic acids is 1. The number of thiophene rings is 1. The average molecular weight is 614 g/mol. The minimum atomic E-state index is -4.51. The molecular weight excluding hydrogens is 579 g/mol. The van der Waals surface area contributed by atoms with Crippen LogP contribution >= 0.6 is 23.1 Å². The van der Waals surface area contributed by atoms with Gasteiger partial charge in [0.2, 0.25) is 5.91 Å². The second-order valence-corrected chi connectivity index (χ2v) is 14.0. The largest absolute Gasteiger partial charge is 0.416 e. The third kappa shape index (κ3) is 6.29. The van der Waals surface area contributed by atoms with Gasteiger partial charge in [0.05, 0.1) is 22.7 Å². The molecule has 0 bridgehead atoms. The van der Waals surface area contributed by atoms with Gasteiger partial charge in [-0.3, -0.25) is 14.2 Å². The molecule has 1 amide bonds. The van der Waals surface area contributed by atoms with Crippen molar-refractivity contribution < 1.29 is 18.0 Å². The highest BCUT2D eigenvalue weighted by atomic mass is 32.2. The van der Waals surface area contributed by atoms with Gasteiger partial charge in [0, 0.05) is 10.6 Å². The topological polar surface area (TPSA) is 64.0 Å². The lowest BCUT2D eigenvalue weighted by molar-refractivity contribution is -0.137. The molecule has 0 saturated carbocycles. The lowest BCUT2D eigenvalue weighted by atomic mass is 9.70. The minimum Gasteiger partial charge on any atom is -0.325 e. The van der Waals surface area contributed by atoms with Crippen LogP contribution in [0.5, 0.6) is 0 Å². The van der Waals surface area contributed by atoms with Crippen LogP contribution in [0, 0.1) is 11.3 Å². The van der Waals surface area contributed by atoms with Crippen molar-refractivity contribution in [3.05, 3.63) is 86.5 Å². The molecule has 10 heteroatoms. The molecule has 0 fully saturated rings. The molecule has 42 heavy (non-hydrogen) atoms. The number of rotatable bonds is 8. The number of carbonyl (C=O) groups is 1. The van der Waals surface area contributed by atoms with E-state index in [1.165, 1.54) is 17.0 Å². The first-order valence-electron chi connectivity index (χ1n) is 14.1. The smallest absolute Gasteiger partial charge is 0.325 e. The Balaban J connectivity index is 1.49. The van der Waals surface area contributed by atoms with Crippen LogP contribution in [0.4, 0.5) is 18.9 Å². The molecule has 0 radical (unpaired) electrons. The van der Waals surface area contributed by atoms with Crippen molar-refractivity contribution in [1.82, 2.24) is 9.55 Å². The number of fused-ring (bicyclic) bond motifs is 3. The summed E-state index contributed by atoms with van der Waals surface area (Å²) < 4.78 is 41.1. The lowest BCUT2D eigenvalue weighted by Crippen LogP contribution is -2.29. The van der Waals surface area contributed by atoms with Crippen LogP contribution in [0.15, 0.2) is 64.5 Å². The van der Waals surface area contributed by atoms with E-state index in [-0.39, 0.29) is 16.7 Å². The summed E-state index contributed by atoms with van der Waals surface area (Å²) in [6, 6.07) is 14.2. The number of aryl methyl sites for hydroxylation is 1. The van der Waals surface area contributed by atoms with Gasteiger partial charge in [-0.15, -0.1) is 11.3 Å². The maximum absolute atomic E-state index is 14.1. The first-order chi connectivity index (χ1) is 19.9. The van der Waals surface area contributed by atoms with E-state index in [2.05, 4.69) is 26.1 Å². The number of hydrogen-bond donors (Lipinski definition) is 1. The average Bonchev–Trinajstić information content (AvgIpc) is 3.33. The number of halogens is 3. The second-order valence-electron chi connectivity index (χ2n) is 11.6. The van der Waals surface area contributed by atoms with E-state index < -0.39 is 22.9 Å². The van der Waals surface area contributed by atoms with Gasteiger partial charge in [0.1, 0.15) is 4.83 Å². The highest BCUT2D eigenvalue weighted by molar-refractivity contribution is 8.00. The first-order valence-corrected chi connectivity index (χ1v) is 15.8. The molecule has 1 aliphatic carbocycles. The molecule has 2 aromatic heterocycles. The van der Waals surface area contributed by atoms with Crippen LogP contribution < -0.4 is 10.9 Å². The Morgan fingerprint density at radius 3 is 2.60 bits per heavy atom. The molecule has 222 valence electrons. The fourth-order valence-electron chi connectivity index (χ4n) is 5.42. The van der Waals surface area contributed by atoms with Gasteiger partial charge in [-0.25, -0.2) is 4.98 Å². The predicted molar refractivity (Wildman–Crippen MR) is 164 cm³/mol. The van der Waals surface area contributed by atoms with Crippen molar-refractivity contribution >= 4 is 44.9 Å². The molecule has 5 nitrogen and oxygen atoms in total. The number of hydrogen-bond acceptors (Lipinski definition) is 5. The zero-order chi connectivity index (χ0) is 30.2. The molecule has 0 spiro atoms. The Morgan fingerprint density at radius 2 is 1.90 bits per heavy atom. The number of aromatic nitrogens is 2. The highest BCUT2D eigenvalue weighted by Gasteiger charge is 2.34. The lowest BCUT2D eigenvalue weighted by Gasteiger charge is -2.36. The van der Waals surface area contributed by atoms with Crippen LogP contribution in [-0.2, 0) is 30.4 Å². The van der Waals surface area contributed by atoms with Gasteiger partial charge in [-0.05, 0) is 66.8 Å². The van der Waals surface area contributed by atoms with Crippen LogP contribution in [0.1, 0.15) is 62.1 Å². The number of alkyl halides is 3. The predicted octanol–water partition coefficient (Wildman–Crippen LogP) is 8.19. The molecular formula is C32H34F3N3O2S2. The summed E-state index contributed by atoms with van der Waals surface area (Å²) in [5.41, 5.74) is 1.33. The Kier molecular flexibility index (Phi) is 8.58. The van der Waals surface area contributed by atoms with Crippen LogP contribution in [0.25, 0.3) is 10.2 Å². The Labute approximate surface area is 251 Å². The van der Waals surface area contributed by atoms with Crippen molar-refractivity contribution in [2.24, 2.45) is 11.3 Å². The summed E-state index contributed by atoms with van der Waals surface area (Å²) in [7, 11) is 0. The fourth-order valence-corrected chi connectivity index (χ4v) is 7.67. The number of thioether (sulfide) groups is 1. The maximum atomic E-state index is 14.1. The first kappa shape index (κ1) is 30.4. The number of anilines is 1. The summed E-state index contributed by atoms with van der Waals surface area (Å²) in [4.78, 5) is 34.0. The summed E-state index contributed by atoms with van der Waals surface area (Å²) >= 11 is 2.70. The Hall–Kier alpha value is -3.11. The molecule has 1 aliphatic rings. The number of amides is 1. The van der Waals surface area contributed by atoms with E-state index in [1.807, 2.05) is 30.3 Å². The van der Waals surface area contributed by atoms with Gasteiger partial charge >= 0.3 is 6.18 Å². The monoisotopic (exact) mass is 613 g/mol. The van der Waals surface area contributed by atoms with E-state index >= 15 is 0 Å². The highest BCUT2D eigenvalue weighted by Crippen LogP contribution is 2.44.